The van der Waals surface area contributed by atoms with Gasteiger partial charge in [0.25, 0.3) is 5.91 Å². The maximum atomic E-state index is 12.5. The SMILES string of the molecule is Cc1ccc2c(c1)N(C)C(=O)c1cc(Br)ccc1O2. The average molecular weight is 318 g/mol. The Morgan fingerprint density at radius 3 is 2.63 bits per heavy atom. The molecular formula is C15H12BrNO2. The normalized spacial score (nSPS) is 13.4. The summed E-state index contributed by atoms with van der Waals surface area (Å²) in [6.45, 7) is 1.99. The number of benzene rings is 2. The van der Waals surface area contributed by atoms with Gasteiger partial charge in [0.15, 0.2) is 5.75 Å². The fourth-order valence-electron chi connectivity index (χ4n) is 2.14. The van der Waals surface area contributed by atoms with Crippen molar-refractivity contribution in [1.82, 2.24) is 0 Å². The van der Waals surface area contributed by atoms with E-state index in [1.807, 2.05) is 31.2 Å². The van der Waals surface area contributed by atoms with Gasteiger partial charge >= 0.3 is 0 Å². The van der Waals surface area contributed by atoms with E-state index < -0.39 is 0 Å². The van der Waals surface area contributed by atoms with Crippen LogP contribution in [-0.2, 0) is 0 Å². The van der Waals surface area contributed by atoms with E-state index in [2.05, 4.69) is 15.9 Å². The molecule has 0 saturated heterocycles. The van der Waals surface area contributed by atoms with Crippen molar-refractivity contribution in [3.8, 4) is 11.5 Å². The van der Waals surface area contributed by atoms with E-state index in [9.17, 15) is 4.79 Å². The van der Waals surface area contributed by atoms with Gasteiger partial charge in [0.05, 0.1) is 11.3 Å². The van der Waals surface area contributed by atoms with Gasteiger partial charge in [0.2, 0.25) is 0 Å². The molecule has 0 radical (unpaired) electrons. The van der Waals surface area contributed by atoms with E-state index in [-0.39, 0.29) is 5.91 Å². The third kappa shape index (κ3) is 2.02. The molecule has 0 saturated carbocycles. The lowest BCUT2D eigenvalue weighted by Crippen LogP contribution is -2.25. The van der Waals surface area contributed by atoms with E-state index in [0.717, 1.165) is 15.7 Å². The molecule has 3 rings (SSSR count). The molecule has 0 aromatic heterocycles. The number of ether oxygens (including phenoxy) is 1. The molecule has 2 aromatic rings. The molecule has 2 aromatic carbocycles. The molecule has 1 aliphatic heterocycles. The van der Waals surface area contributed by atoms with Gasteiger partial charge in [0, 0.05) is 11.5 Å². The first-order valence-corrected chi connectivity index (χ1v) is 6.71. The molecule has 0 aliphatic carbocycles. The highest BCUT2D eigenvalue weighted by molar-refractivity contribution is 9.10. The monoisotopic (exact) mass is 317 g/mol. The van der Waals surface area contributed by atoms with Crippen LogP contribution >= 0.6 is 15.9 Å². The summed E-state index contributed by atoms with van der Waals surface area (Å²) in [5, 5.41) is 0. The Hall–Kier alpha value is -1.81. The van der Waals surface area contributed by atoms with Gasteiger partial charge < -0.3 is 9.64 Å². The van der Waals surface area contributed by atoms with Crippen molar-refractivity contribution >= 4 is 27.5 Å². The van der Waals surface area contributed by atoms with Gasteiger partial charge in [-0.2, -0.15) is 0 Å². The summed E-state index contributed by atoms with van der Waals surface area (Å²) in [7, 11) is 1.76. The van der Waals surface area contributed by atoms with Crippen LogP contribution in [0, 0.1) is 6.92 Å². The van der Waals surface area contributed by atoms with Crippen LogP contribution in [0.25, 0.3) is 0 Å². The number of fused-ring (bicyclic) bond motifs is 2. The van der Waals surface area contributed by atoms with Crippen molar-refractivity contribution in [1.29, 1.82) is 0 Å². The maximum Gasteiger partial charge on any atom is 0.261 e. The van der Waals surface area contributed by atoms with Crippen molar-refractivity contribution in [3.63, 3.8) is 0 Å². The molecule has 0 fully saturated rings. The maximum absolute atomic E-state index is 12.5. The number of aryl methyl sites for hydroxylation is 1. The molecule has 4 heteroatoms. The second-order valence-corrected chi connectivity index (χ2v) is 5.49. The van der Waals surface area contributed by atoms with E-state index in [0.29, 0.717) is 17.1 Å². The van der Waals surface area contributed by atoms with Crippen LogP contribution in [0.4, 0.5) is 5.69 Å². The molecule has 3 nitrogen and oxygen atoms in total. The van der Waals surface area contributed by atoms with Crippen LogP contribution in [0.5, 0.6) is 11.5 Å². The molecular weight excluding hydrogens is 306 g/mol. The van der Waals surface area contributed by atoms with Gasteiger partial charge in [-0.05, 0) is 42.8 Å². The van der Waals surface area contributed by atoms with E-state index in [1.165, 1.54) is 0 Å². The first-order chi connectivity index (χ1) is 9.06. The summed E-state index contributed by atoms with van der Waals surface area (Å²) in [4.78, 5) is 14.1. The summed E-state index contributed by atoms with van der Waals surface area (Å²) >= 11 is 3.38. The number of hydrogen-bond acceptors (Lipinski definition) is 2. The first-order valence-electron chi connectivity index (χ1n) is 5.92. The Balaban J connectivity index is 2.22. The Morgan fingerprint density at radius 2 is 1.84 bits per heavy atom. The minimum absolute atomic E-state index is 0.0688. The van der Waals surface area contributed by atoms with Gasteiger partial charge in [-0.25, -0.2) is 0 Å². The smallest absolute Gasteiger partial charge is 0.261 e. The summed E-state index contributed by atoms with van der Waals surface area (Å²) in [6.07, 6.45) is 0. The largest absolute Gasteiger partial charge is 0.454 e. The fraction of sp³-hybridized carbons (Fsp3) is 0.133. The Kier molecular flexibility index (Phi) is 2.82. The fourth-order valence-corrected chi connectivity index (χ4v) is 2.50. The van der Waals surface area contributed by atoms with Crippen LogP contribution in [0.2, 0.25) is 0 Å². The number of amides is 1. The van der Waals surface area contributed by atoms with Crippen LogP contribution in [0.1, 0.15) is 15.9 Å². The number of rotatable bonds is 0. The third-order valence-electron chi connectivity index (χ3n) is 3.17. The van der Waals surface area contributed by atoms with Crippen molar-refractivity contribution in [2.75, 3.05) is 11.9 Å². The summed E-state index contributed by atoms with van der Waals surface area (Å²) < 4.78 is 6.73. The Morgan fingerprint density at radius 1 is 1.11 bits per heavy atom. The predicted octanol–water partition coefficient (Wildman–Crippen LogP) is 4.14. The molecule has 0 unspecified atom stereocenters. The Bertz CT molecular complexity index is 682. The molecule has 1 heterocycles. The standard InChI is InChI=1S/C15H12BrNO2/c1-9-3-5-14-12(7-9)17(2)15(18)11-8-10(16)4-6-13(11)19-14/h3-8H,1-2H3. The van der Waals surface area contributed by atoms with Crippen molar-refractivity contribution < 1.29 is 9.53 Å². The van der Waals surface area contributed by atoms with Crippen LogP contribution in [0.3, 0.4) is 0 Å². The number of halogens is 1. The zero-order chi connectivity index (χ0) is 13.6. The summed E-state index contributed by atoms with van der Waals surface area (Å²) in [6, 6.07) is 11.3. The average Bonchev–Trinajstić information content (AvgIpc) is 2.49. The number of anilines is 1. The predicted molar refractivity (Wildman–Crippen MR) is 78.1 cm³/mol. The summed E-state index contributed by atoms with van der Waals surface area (Å²) in [5.74, 6) is 1.21. The molecule has 19 heavy (non-hydrogen) atoms. The second kappa shape index (κ2) is 4.38. The zero-order valence-corrected chi connectivity index (χ0v) is 12.2. The molecule has 1 aliphatic rings. The van der Waals surface area contributed by atoms with E-state index in [1.54, 1.807) is 24.1 Å². The van der Waals surface area contributed by atoms with Crippen LogP contribution in [0.15, 0.2) is 40.9 Å². The van der Waals surface area contributed by atoms with Crippen LogP contribution in [-0.4, -0.2) is 13.0 Å². The lowest BCUT2D eigenvalue weighted by Gasteiger charge is -2.16. The lowest BCUT2D eigenvalue weighted by atomic mass is 10.1. The number of carbonyl (C=O) groups excluding carboxylic acids is 1. The highest BCUT2D eigenvalue weighted by Crippen LogP contribution is 2.39. The van der Waals surface area contributed by atoms with Crippen molar-refractivity contribution in [3.05, 3.63) is 52.0 Å². The topological polar surface area (TPSA) is 29.5 Å². The number of hydrogen-bond donors (Lipinski definition) is 0. The highest BCUT2D eigenvalue weighted by Gasteiger charge is 2.25. The number of carbonyl (C=O) groups is 1. The molecule has 0 bridgehead atoms. The molecule has 0 N–H and O–H groups in total. The van der Waals surface area contributed by atoms with Gasteiger partial charge in [0.1, 0.15) is 5.75 Å². The molecule has 96 valence electrons. The van der Waals surface area contributed by atoms with Crippen molar-refractivity contribution in [2.45, 2.75) is 6.92 Å². The lowest BCUT2D eigenvalue weighted by molar-refractivity contribution is 0.0993. The van der Waals surface area contributed by atoms with E-state index >= 15 is 0 Å². The minimum Gasteiger partial charge on any atom is -0.454 e. The highest BCUT2D eigenvalue weighted by atomic mass is 79.9. The van der Waals surface area contributed by atoms with Gasteiger partial charge in [-0.15, -0.1) is 0 Å². The molecule has 1 amide bonds. The van der Waals surface area contributed by atoms with E-state index in [4.69, 9.17) is 4.74 Å². The third-order valence-corrected chi connectivity index (χ3v) is 3.67. The van der Waals surface area contributed by atoms with Crippen molar-refractivity contribution in [2.24, 2.45) is 0 Å². The molecule has 0 spiro atoms. The quantitative estimate of drug-likeness (QED) is 0.730. The summed E-state index contributed by atoms with van der Waals surface area (Å²) in [5.41, 5.74) is 2.44. The number of nitrogens with zero attached hydrogens (tertiary/aromatic N) is 1. The van der Waals surface area contributed by atoms with Gasteiger partial charge in [-0.1, -0.05) is 22.0 Å². The molecule has 0 atom stereocenters. The Labute approximate surface area is 119 Å². The van der Waals surface area contributed by atoms with Crippen LogP contribution < -0.4 is 9.64 Å². The minimum atomic E-state index is -0.0688. The van der Waals surface area contributed by atoms with Gasteiger partial charge in [-0.3, -0.25) is 4.79 Å². The first kappa shape index (κ1) is 12.2. The zero-order valence-electron chi connectivity index (χ0n) is 10.6. The second-order valence-electron chi connectivity index (χ2n) is 4.58.